The number of carbonyl (C=O) groups is 1. The van der Waals surface area contributed by atoms with Gasteiger partial charge in [0.15, 0.2) is 6.10 Å². The zero-order valence-electron chi connectivity index (χ0n) is 13.6. The Bertz CT molecular complexity index is 498. The number of aliphatic hydroxyl groups excluding tert-OH is 5. The maximum Gasteiger partial charge on any atom is 0.338 e. The van der Waals surface area contributed by atoms with Crippen molar-refractivity contribution in [1.82, 2.24) is 5.32 Å². The standard InChI is InChI=1S/C16H25NO7/c1-9(17-2)15(10-6-4-3-5-7-10)24-16(23)14(22)13(21)12(20)11(19)8-18/h3-7,9,11-15,17-22H,8H2,1-2H3/t9-,11?,12?,13?,14?,15?/m0/s1. The van der Waals surface area contributed by atoms with Gasteiger partial charge in [-0.3, -0.25) is 0 Å². The SMILES string of the molecule is CN[C@@H](C)C(OC(=O)C(O)C(O)C(O)C(O)CO)c1ccccc1. The normalized spacial score (nSPS) is 19.0. The van der Waals surface area contributed by atoms with E-state index < -0.39 is 43.1 Å². The van der Waals surface area contributed by atoms with Crippen molar-refractivity contribution in [2.75, 3.05) is 13.7 Å². The zero-order chi connectivity index (χ0) is 18.3. The molecule has 0 aromatic heterocycles. The monoisotopic (exact) mass is 343 g/mol. The highest BCUT2D eigenvalue weighted by molar-refractivity contribution is 5.75. The molecule has 0 aliphatic heterocycles. The molecule has 0 saturated carbocycles. The predicted molar refractivity (Wildman–Crippen MR) is 84.9 cm³/mol. The molecule has 6 N–H and O–H groups in total. The highest BCUT2D eigenvalue weighted by Gasteiger charge is 2.36. The Morgan fingerprint density at radius 3 is 2.21 bits per heavy atom. The Kier molecular flexibility index (Phi) is 8.26. The van der Waals surface area contributed by atoms with Crippen molar-refractivity contribution >= 4 is 5.97 Å². The molecular formula is C16H25NO7. The molecule has 1 aromatic carbocycles. The van der Waals surface area contributed by atoms with E-state index in [9.17, 15) is 25.2 Å². The number of hydrogen-bond donors (Lipinski definition) is 6. The van der Waals surface area contributed by atoms with Crippen LogP contribution < -0.4 is 5.32 Å². The van der Waals surface area contributed by atoms with E-state index in [1.807, 2.05) is 0 Å². The van der Waals surface area contributed by atoms with Gasteiger partial charge in [0, 0.05) is 6.04 Å². The van der Waals surface area contributed by atoms with Crippen LogP contribution in [0.4, 0.5) is 0 Å². The van der Waals surface area contributed by atoms with Crippen LogP contribution in [0.1, 0.15) is 18.6 Å². The first-order valence-electron chi connectivity index (χ1n) is 7.59. The average molecular weight is 343 g/mol. The molecule has 0 aliphatic rings. The molecule has 0 fully saturated rings. The maximum absolute atomic E-state index is 12.1. The van der Waals surface area contributed by atoms with E-state index in [1.54, 1.807) is 44.3 Å². The number of nitrogens with one attached hydrogen (secondary N) is 1. The summed E-state index contributed by atoms with van der Waals surface area (Å²) in [5, 5.41) is 50.1. The molecule has 0 spiro atoms. The van der Waals surface area contributed by atoms with E-state index in [2.05, 4.69) is 5.32 Å². The van der Waals surface area contributed by atoms with Crippen molar-refractivity contribution in [2.24, 2.45) is 0 Å². The fourth-order valence-electron chi connectivity index (χ4n) is 2.11. The molecular weight excluding hydrogens is 318 g/mol. The summed E-state index contributed by atoms with van der Waals surface area (Å²) in [6.45, 7) is 0.946. The molecule has 1 rings (SSSR count). The minimum atomic E-state index is -2.07. The molecule has 8 nitrogen and oxygen atoms in total. The lowest BCUT2D eigenvalue weighted by Gasteiger charge is -2.28. The number of rotatable bonds is 9. The molecule has 8 heteroatoms. The van der Waals surface area contributed by atoms with Gasteiger partial charge >= 0.3 is 5.97 Å². The fraction of sp³-hybridized carbons (Fsp3) is 0.562. The maximum atomic E-state index is 12.1. The van der Waals surface area contributed by atoms with Crippen LogP contribution >= 0.6 is 0 Å². The Morgan fingerprint density at radius 2 is 1.71 bits per heavy atom. The lowest BCUT2D eigenvalue weighted by molar-refractivity contribution is -0.176. The van der Waals surface area contributed by atoms with Gasteiger partial charge < -0.3 is 35.6 Å². The van der Waals surface area contributed by atoms with E-state index in [1.165, 1.54) is 0 Å². The van der Waals surface area contributed by atoms with Crippen LogP contribution in [0.3, 0.4) is 0 Å². The molecule has 0 radical (unpaired) electrons. The highest BCUT2D eigenvalue weighted by atomic mass is 16.6. The third-order valence-corrected chi connectivity index (χ3v) is 3.78. The Balaban J connectivity index is 2.84. The summed E-state index contributed by atoms with van der Waals surface area (Å²) < 4.78 is 5.27. The van der Waals surface area contributed by atoms with E-state index in [-0.39, 0.29) is 6.04 Å². The molecule has 0 saturated heterocycles. The smallest absolute Gasteiger partial charge is 0.338 e. The summed E-state index contributed by atoms with van der Waals surface area (Å²) >= 11 is 0. The predicted octanol–water partition coefficient (Wildman–Crippen LogP) is -1.69. The van der Waals surface area contributed by atoms with Gasteiger partial charge in [0.1, 0.15) is 24.4 Å². The number of hydrogen-bond acceptors (Lipinski definition) is 8. The van der Waals surface area contributed by atoms with Crippen LogP contribution in [0, 0.1) is 0 Å². The van der Waals surface area contributed by atoms with Gasteiger partial charge in [0.25, 0.3) is 0 Å². The quantitative estimate of drug-likeness (QED) is 0.292. The van der Waals surface area contributed by atoms with Crippen molar-refractivity contribution in [3.63, 3.8) is 0 Å². The summed E-state index contributed by atoms with van der Waals surface area (Å²) in [6.07, 6.45) is -8.39. The second-order valence-electron chi connectivity index (χ2n) is 5.52. The van der Waals surface area contributed by atoms with Crippen LogP contribution in [-0.2, 0) is 9.53 Å². The number of aliphatic hydroxyl groups is 5. The van der Waals surface area contributed by atoms with Gasteiger partial charge in [-0.2, -0.15) is 0 Å². The summed E-state index contributed by atoms with van der Waals surface area (Å²) in [5.74, 6) is -1.15. The van der Waals surface area contributed by atoms with Gasteiger partial charge in [-0.1, -0.05) is 30.3 Å². The average Bonchev–Trinajstić information content (AvgIpc) is 2.63. The fourth-order valence-corrected chi connectivity index (χ4v) is 2.11. The van der Waals surface area contributed by atoms with Crippen LogP contribution in [0.5, 0.6) is 0 Å². The third-order valence-electron chi connectivity index (χ3n) is 3.78. The lowest BCUT2D eigenvalue weighted by Crippen LogP contribution is -2.49. The number of ether oxygens (including phenoxy) is 1. The first kappa shape index (κ1) is 20.5. The van der Waals surface area contributed by atoms with Crippen molar-refractivity contribution < 1.29 is 35.1 Å². The lowest BCUT2D eigenvalue weighted by atomic mass is 10.0. The Morgan fingerprint density at radius 1 is 1.12 bits per heavy atom. The van der Waals surface area contributed by atoms with E-state index >= 15 is 0 Å². The molecule has 0 bridgehead atoms. The summed E-state index contributed by atoms with van der Waals surface area (Å²) in [6, 6.07) is 8.56. The minimum Gasteiger partial charge on any atom is -0.454 e. The first-order valence-corrected chi connectivity index (χ1v) is 7.59. The van der Waals surface area contributed by atoms with Gasteiger partial charge in [0.05, 0.1) is 6.61 Å². The molecule has 6 atom stereocenters. The Hall–Kier alpha value is -1.55. The number of likely N-dealkylation sites (N-methyl/N-ethyl adjacent to an activating group) is 1. The molecule has 0 amide bonds. The summed E-state index contributed by atoms with van der Waals surface area (Å²) in [5.41, 5.74) is 0.685. The third kappa shape index (κ3) is 5.23. The van der Waals surface area contributed by atoms with Crippen LogP contribution in [0.25, 0.3) is 0 Å². The topological polar surface area (TPSA) is 139 Å². The summed E-state index contributed by atoms with van der Waals surface area (Å²) in [4.78, 5) is 12.1. The van der Waals surface area contributed by atoms with E-state index in [4.69, 9.17) is 9.84 Å². The van der Waals surface area contributed by atoms with Crippen molar-refractivity contribution in [2.45, 2.75) is 43.5 Å². The molecule has 136 valence electrons. The van der Waals surface area contributed by atoms with Gasteiger partial charge in [-0.05, 0) is 19.5 Å². The Labute approximate surface area is 140 Å². The van der Waals surface area contributed by atoms with E-state index in [0.29, 0.717) is 5.56 Å². The van der Waals surface area contributed by atoms with Crippen molar-refractivity contribution in [3.8, 4) is 0 Å². The molecule has 1 aromatic rings. The van der Waals surface area contributed by atoms with Crippen LogP contribution in [0.2, 0.25) is 0 Å². The highest BCUT2D eigenvalue weighted by Crippen LogP contribution is 2.22. The van der Waals surface area contributed by atoms with E-state index in [0.717, 1.165) is 0 Å². The second kappa shape index (κ2) is 9.67. The van der Waals surface area contributed by atoms with Crippen molar-refractivity contribution in [3.05, 3.63) is 35.9 Å². The molecule has 0 aliphatic carbocycles. The van der Waals surface area contributed by atoms with Gasteiger partial charge in [-0.25, -0.2) is 4.79 Å². The van der Waals surface area contributed by atoms with Gasteiger partial charge in [0.2, 0.25) is 0 Å². The summed E-state index contributed by atoms with van der Waals surface area (Å²) in [7, 11) is 1.68. The van der Waals surface area contributed by atoms with Crippen molar-refractivity contribution in [1.29, 1.82) is 0 Å². The minimum absolute atomic E-state index is 0.284. The number of esters is 1. The van der Waals surface area contributed by atoms with Crippen LogP contribution in [0.15, 0.2) is 30.3 Å². The van der Waals surface area contributed by atoms with Gasteiger partial charge in [-0.15, -0.1) is 0 Å². The molecule has 24 heavy (non-hydrogen) atoms. The number of carbonyl (C=O) groups excluding carboxylic acids is 1. The first-order chi connectivity index (χ1) is 11.3. The second-order valence-corrected chi connectivity index (χ2v) is 5.52. The molecule has 0 heterocycles. The van der Waals surface area contributed by atoms with Crippen LogP contribution in [-0.4, -0.2) is 75.6 Å². The molecule has 5 unspecified atom stereocenters. The number of benzene rings is 1. The zero-order valence-corrected chi connectivity index (χ0v) is 13.6. The largest absolute Gasteiger partial charge is 0.454 e.